The van der Waals surface area contributed by atoms with E-state index in [4.69, 9.17) is 0 Å². The lowest BCUT2D eigenvalue weighted by Gasteiger charge is -2.42. The zero-order valence-corrected chi connectivity index (χ0v) is 10.4. The monoisotopic (exact) mass is 183 g/mol. The molecule has 0 unspecified atom stereocenters. The number of hydrogen-bond donors (Lipinski definition) is 0. The third-order valence-corrected chi connectivity index (χ3v) is 3.04. The van der Waals surface area contributed by atoms with E-state index in [0.29, 0.717) is 0 Å². The Morgan fingerprint density at radius 2 is 1.54 bits per heavy atom. The van der Waals surface area contributed by atoms with Gasteiger partial charge >= 0.3 is 0 Å². The Bertz CT molecular complexity index is 184. The molecule has 0 aromatic heterocycles. The predicted octanol–water partition coefficient (Wildman–Crippen LogP) is 3.67. The standard InChI is InChI=1S/C12H25N/c1-9-12(6,7)13(8)10(2)11(3,4)5/h2,9H2,1,3-8H3. The Hall–Kier alpha value is -0.460. The predicted molar refractivity (Wildman–Crippen MR) is 60.7 cm³/mol. The number of allylic oxidation sites excluding steroid dienone is 1. The highest BCUT2D eigenvalue weighted by Crippen LogP contribution is 2.31. The van der Waals surface area contributed by atoms with Crippen LogP contribution in [-0.2, 0) is 0 Å². The molecule has 1 heteroatoms. The second kappa shape index (κ2) is 3.73. The summed E-state index contributed by atoms with van der Waals surface area (Å²) >= 11 is 0. The van der Waals surface area contributed by atoms with Crippen LogP contribution in [0.4, 0.5) is 0 Å². The van der Waals surface area contributed by atoms with Crippen LogP contribution in [0, 0.1) is 5.41 Å². The Morgan fingerprint density at radius 3 is 1.77 bits per heavy atom. The summed E-state index contributed by atoms with van der Waals surface area (Å²) < 4.78 is 0. The third-order valence-electron chi connectivity index (χ3n) is 3.04. The Labute approximate surface area is 83.8 Å². The minimum atomic E-state index is 0.168. The van der Waals surface area contributed by atoms with Gasteiger partial charge in [0.25, 0.3) is 0 Å². The zero-order chi connectivity index (χ0) is 10.9. The van der Waals surface area contributed by atoms with E-state index in [1.165, 1.54) is 5.70 Å². The van der Waals surface area contributed by atoms with Crippen LogP contribution in [0.3, 0.4) is 0 Å². The van der Waals surface area contributed by atoms with E-state index in [0.717, 1.165) is 6.42 Å². The first-order chi connectivity index (χ1) is 5.63. The van der Waals surface area contributed by atoms with Gasteiger partial charge in [-0.1, -0.05) is 34.3 Å². The molecular formula is C12H25N. The Morgan fingerprint density at radius 1 is 1.15 bits per heavy atom. The minimum absolute atomic E-state index is 0.168. The van der Waals surface area contributed by atoms with Gasteiger partial charge in [0.1, 0.15) is 0 Å². The van der Waals surface area contributed by atoms with Crippen LogP contribution in [-0.4, -0.2) is 17.5 Å². The normalized spacial score (nSPS) is 12.8. The maximum Gasteiger partial charge on any atom is 0.0337 e. The summed E-state index contributed by atoms with van der Waals surface area (Å²) in [6.45, 7) is 17.5. The molecule has 0 aliphatic carbocycles. The molecule has 0 fully saturated rings. The smallest absolute Gasteiger partial charge is 0.0337 e. The molecule has 0 bridgehead atoms. The molecule has 0 aliphatic heterocycles. The van der Waals surface area contributed by atoms with Crippen molar-refractivity contribution in [1.29, 1.82) is 0 Å². The fraction of sp³-hybridized carbons (Fsp3) is 0.833. The maximum atomic E-state index is 4.17. The summed E-state index contributed by atoms with van der Waals surface area (Å²) in [6, 6.07) is 0. The van der Waals surface area contributed by atoms with Gasteiger partial charge in [-0.05, 0) is 20.3 Å². The van der Waals surface area contributed by atoms with Crippen LogP contribution >= 0.6 is 0 Å². The summed E-state index contributed by atoms with van der Waals surface area (Å²) in [5.41, 5.74) is 1.59. The molecule has 0 aromatic carbocycles. The molecule has 78 valence electrons. The topological polar surface area (TPSA) is 3.24 Å². The highest BCUT2D eigenvalue weighted by molar-refractivity contribution is 5.07. The number of hydrogen-bond acceptors (Lipinski definition) is 1. The Balaban J connectivity index is 4.62. The first kappa shape index (κ1) is 12.5. The van der Waals surface area contributed by atoms with E-state index in [2.05, 4.69) is 60.1 Å². The summed E-state index contributed by atoms with van der Waals surface area (Å²) in [4.78, 5) is 2.30. The zero-order valence-electron chi connectivity index (χ0n) is 10.4. The molecule has 0 heterocycles. The third kappa shape index (κ3) is 3.06. The minimum Gasteiger partial charge on any atom is -0.373 e. The number of nitrogens with zero attached hydrogens (tertiary/aromatic N) is 1. The average molecular weight is 183 g/mol. The SMILES string of the molecule is C=C(N(C)C(C)(C)CC)C(C)(C)C. The first-order valence-corrected chi connectivity index (χ1v) is 5.06. The van der Waals surface area contributed by atoms with Crippen LogP contribution in [0.15, 0.2) is 12.3 Å². The van der Waals surface area contributed by atoms with Crippen molar-refractivity contribution in [2.75, 3.05) is 7.05 Å². The van der Waals surface area contributed by atoms with Crippen LogP contribution in [0.5, 0.6) is 0 Å². The maximum absolute atomic E-state index is 4.17. The van der Waals surface area contributed by atoms with Crippen molar-refractivity contribution in [3.05, 3.63) is 12.3 Å². The molecule has 0 aliphatic rings. The molecule has 0 atom stereocenters. The van der Waals surface area contributed by atoms with Gasteiger partial charge in [0.2, 0.25) is 0 Å². The Kier molecular flexibility index (Phi) is 3.60. The van der Waals surface area contributed by atoms with Crippen molar-refractivity contribution in [2.24, 2.45) is 5.41 Å². The largest absolute Gasteiger partial charge is 0.373 e. The van der Waals surface area contributed by atoms with Gasteiger partial charge in [-0.2, -0.15) is 0 Å². The van der Waals surface area contributed by atoms with E-state index in [9.17, 15) is 0 Å². The van der Waals surface area contributed by atoms with Crippen LogP contribution in [0.1, 0.15) is 48.0 Å². The van der Waals surface area contributed by atoms with Gasteiger partial charge in [0, 0.05) is 23.7 Å². The molecule has 1 nitrogen and oxygen atoms in total. The van der Waals surface area contributed by atoms with E-state index in [1.807, 2.05) is 0 Å². The molecule has 0 saturated carbocycles. The van der Waals surface area contributed by atoms with Crippen molar-refractivity contribution in [2.45, 2.75) is 53.5 Å². The van der Waals surface area contributed by atoms with Gasteiger partial charge < -0.3 is 4.90 Å². The quantitative estimate of drug-likeness (QED) is 0.645. The van der Waals surface area contributed by atoms with Crippen LogP contribution in [0.25, 0.3) is 0 Å². The lowest BCUT2D eigenvalue weighted by atomic mass is 9.88. The molecule has 0 spiro atoms. The number of rotatable bonds is 3. The van der Waals surface area contributed by atoms with Crippen LogP contribution in [0.2, 0.25) is 0 Å². The molecule has 0 N–H and O–H groups in total. The summed E-state index contributed by atoms with van der Waals surface area (Å²) in [5, 5.41) is 0. The summed E-state index contributed by atoms with van der Waals surface area (Å²) in [5.74, 6) is 0. The second-order valence-electron chi connectivity index (χ2n) is 5.42. The van der Waals surface area contributed by atoms with E-state index < -0.39 is 0 Å². The van der Waals surface area contributed by atoms with Crippen molar-refractivity contribution >= 4 is 0 Å². The fourth-order valence-electron chi connectivity index (χ4n) is 1.11. The van der Waals surface area contributed by atoms with E-state index in [-0.39, 0.29) is 11.0 Å². The highest BCUT2D eigenvalue weighted by Gasteiger charge is 2.27. The molecule has 0 rings (SSSR count). The molecule has 0 saturated heterocycles. The van der Waals surface area contributed by atoms with Crippen molar-refractivity contribution in [3.8, 4) is 0 Å². The van der Waals surface area contributed by atoms with Crippen molar-refractivity contribution < 1.29 is 0 Å². The second-order valence-corrected chi connectivity index (χ2v) is 5.42. The van der Waals surface area contributed by atoms with Crippen molar-refractivity contribution in [1.82, 2.24) is 4.90 Å². The molecular weight excluding hydrogens is 158 g/mol. The van der Waals surface area contributed by atoms with Crippen molar-refractivity contribution in [3.63, 3.8) is 0 Å². The molecule has 0 radical (unpaired) electrons. The van der Waals surface area contributed by atoms with Gasteiger partial charge in [-0.25, -0.2) is 0 Å². The molecule has 13 heavy (non-hydrogen) atoms. The van der Waals surface area contributed by atoms with Gasteiger partial charge in [0.15, 0.2) is 0 Å². The van der Waals surface area contributed by atoms with E-state index >= 15 is 0 Å². The summed E-state index contributed by atoms with van der Waals surface area (Å²) in [7, 11) is 2.14. The first-order valence-electron chi connectivity index (χ1n) is 5.06. The molecule has 0 aromatic rings. The summed E-state index contributed by atoms with van der Waals surface area (Å²) in [6.07, 6.45) is 1.14. The van der Waals surface area contributed by atoms with Crippen LogP contribution < -0.4 is 0 Å². The fourth-order valence-corrected chi connectivity index (χ4v) is 1.11. The molecule has 0 amide bonds. The lowest BCUT2D eigenvalue weighted by molar-refractivity contribution is 0.162. The lowest BCUT2D eigenvalue weighted by Crippen LogP contribution is -2.42. The average Bonchev–Trinajstić information content (AvgIpc) is 2.00. The highest BCUT2D eigenvalue weighted by atomic mass is 15.2. The van der Waals surface area contributed by atoms with Gasteiger partial charge in [-0.3, -0.25) is 0 Å². The van der Waals surface area contributed by atoms with Gasteiger partial charge in [-0.15, -0.1) is 0 Å². The van der Waals surface area contributed by atoms with E-state index in [1.54, 1.807) is 0 Å². The van der Waals surface area contributed by atoms with Gasteiger partial charge in [0.05, 0.1) is 0 Å².